The van der Waals surface area contributed by atoms with Gasteiger partial charge < -0.3 is 10.1 Å². The van der Waals surface area contributed by atoms with E-state index in [4.69, 9.17) is 5.11 Å². The number of aliphatic hydroxyl groups excluding tert-OH is 1. The molecule has 0 unspecified atom stereocenters. The molecule has 0 fully saturated rings. The predicted octanol–water partition coefficient (Wildman–Crippen LogP) is 1.30. The van der Waals surface area contributed by atoms with Crippen LogP contribution in [0.2, 0.25) is 0 Å². The first-order valence-corrected chi connectivity index (χ1v) is 5.43. The summed E-state index contributed by atoms with van der Waals surface area (Å²) in [4.78, 5) is 9.82. The number of aromatic amines is 1. The van der Waals surface area contributed by atoms with Crippen molar-refractivity contribution >= 4 is 11.0 Å². The second-order valence-electron chi connectivity index (χ2n) is 4.17. The van der Waals surface area contributed by atoms with Crippen LogP contribution in [0.4, 0.5) is 0 Å². The summed E-state index contributed by atoms with van der Waals surface area (Å²) < 4.78 is 0. The van der Waals surface area contributed by atoms with Gasteiger partial charge >= 0.3 is 0 Å². The summed E-state index contributed by atoms with van der Waals surface area (Å²) in [5, 5.41) is 8.82. The fourth-order valence-corrected chi connectivity index (χ4v) is 1.76. The fourth-order valence-electron chi connectivity index (χ4n) is 1.76. The Morgan fingerprint density at radius 3 is 3.00 bits per heavy atom. The number of likely N-dealkylation sites (N-methyl/N-ethyl adjacent to an activating group) is 1. The Balaban J connectivity index is 2.19. The van der Waals surface area contributed by atoms with E-state index in [2.05, 4.69) is 29.0 Å². The number of hydrogen-bond donors (Lipinski definition) is 2. The molecule has 1 aromatic carbocycles. The number of aromatic nitrogens is 2. The maximum absolute atomic E-state index is 8.82. The molecule has 1 heterocycles. The van der Waals surface area contributed by atoms with Crippen molar-refractivity contribution in [1.82, 2.24) is 14.9 Å². The third kappa shape index (κ3) is 2.40. The molecule has 0 bridgehead atoms. The van der Waals surface area contributed by atoms with Crippen LogP contribution in [0.25, 0.3) is 11.0 Å². The van der Waals surface area contributed by atoms with Crippen LogP contribution < -0.4 is 0 Å². The minimum Gasteiger partial charge on any atom is -0.395 e. The molecule has 0 saturated carbocycles. The molecule has 0 aliphatic heterocycles. The highest BCUT2D eigenvalue weighted by atomic mass is 16.3. The van der Waals surface area contributed by atoms with E-state index in [1.165, 1.54) is 5.56 Å². The van der Waals surface area contributed by atoms with E-state index in [1.807, 2.05) is 18.0 Å². The zero-order valence-corrected chi connectivity index (χ0v) is 9.70. The largest absolute Gasteiger partial charge is 0.395 e. The topological polar surface area (TPSA) is 52.1 Å². The summed E-state index contributed by atoms with van der Waals surface area (Å²) in [7, 11) is 1.97. The molecule has 4 heteroatoms. The number of H-pyrrole nitrogens is 1. The zero-order valence-electron chi connectivity index (χ0n) is 9.70. The van der Waals surface area contributed by atoms with Gasteiger partial charge in [0.1, 0.15) is 5.82 Å². The van der Waals surface area contributed by atoms with E-state index in [0.29, 0.717) is 6.54 Å². The number of aryl methyl sites for hydroxylation is 1. The number of aliphatic hydroxyl groups is 1. The summed E-state index contributed by atoms with van der Waals surface area (Å²) in [5.41, 5.74) is 3.30. The molecule has 86 valence electrons. The van der Waals surface area contributed by atoms with Crippen LogP contribution >= 0.6 is 0 Å². The van der Waals surface area contributed by atoms with Crippen LogP contribution in [0.1, 0.15) is 11.4 Å². The van der Waals surface area contributed by atoms with Crippen molar-refractivity contribution in [2.45, 2.75) is 13.5 Å². The molecule has 0 aliphatic rings. The molecule has 16 heavy (non-hydrogen) atoms. The van der Waals surface area contributed by atoms with E-state index >= 15 is 0 Å². The van der Waals surface area contributed by atoms with Gasteiger partial charge in [-0.2, -0.15) is 0 Å². The van der Waals surface area contributed by atoms with Crippen LogP contribution in [-0.2, 0) is 6.54 Å². The lowest BCUT2D eigenvalue weighted by molar-refractivity contribution is 0.215. The zero-order chi connectivity index (χ0) is 11.5. The van der Waals surface area contributed by atoms with Crippen LogP contribution in [0, 0.1) is 6.92 Å². The molecule has 2 aromatic rings. The highest BCUT2D eigenvalue weighted by molar-refractivity contribution is 5.75. The third-order valence-corrected chi connectivity index (χ3v) is 2.59. The quantitative estimate of drug-likeness (QED) is 0.815. The Morgan fingerprint density at radius 1 is 1.44 bits per heavy atom. The van der Waals surface area contributed by atoms with E-state index in [1.54, 1.807) is 0 Å². The van der Waals surface area contributed by atoms with Crippen molar-refractivity contribution < 1.29 is 5.11 Å². The van der Waals surface area contributed by atoms with Gasteiger partial charge in [-0.1, -0.05) is 6.07 Å². The van der Waals surface area contributed by atoms with Crippen LogP contribution in [-0.4, -0.2) is 40.2 Å². The predicted molar refractivity (Wildman–Crippen MR) is 64.3 cm³/mol. The van der Waals surface area contributed by atoms with Crippen molar-refractivity contribution in [2.24, 2.45) is 0 Å². The van der Waals surface area contributed by atoms with Gasteiger partial charge in [-0.05, 0) is 31.7 Å². The summed E-state index contributed by atoms with van der Waals surface area (Å²) in [6, 6.07) is 6.18. The summed E-state index contributed by atoms with van der Waals surface area (Å²) >= 11 is 0. The Labute approximate surface area is 94.9 Å². The molecule has 1 aromatic heterocycles. The van der Waals surface area contributed by atoms with Crippen molar-refractivity contribution in [1.29, 1.82) is 0 Å². The van der Waals surface area contributed by atoms with Gasteiger partial charge in [0.05, 0.1) is 24.2 Å². The Morgan fingerprint density at radius 2 is 2.25 bits per heavy atom. The van der Waals surface area contributed by atoms with Gasteiger partial charge in [-0.25, -0.2) is 4.98 Å². The number of imidazole rings is 1. The van der Waals surface area contributed by atoms with E-state index in [0.717, 1.165) is 23.4 Å². The summed E-state index contributed by atoms with van der Waals surface area (Å²) in [6.45, 7) is 3.64. The van der Waals surface area contributed by atoms with Gasteiger partial charge in [0.25, 0.3) is 0 Å². The van der Waals surface area contributed by atoms with Crippen molar-refractivity contribution in [3.05, 3.63) is 29.6 Å². The van der Waals surface area contributed by atoms with E-state index in [-0.39, 0.29) is 6.61 Å². The average Bonchev–Trinajstić information content (AvgIpc) is 2.59. The third-order valence-electron chi connectivity index (χ3n) is 2.59. The fraction of sp³-hybridized carbons (Fsp3) is 0.417. The van der Waals surface area contributed by atoms with Gasteiger partial charge in [-0.15, -0.1) is 0 Å². The maximum Gasteiger partial charge on any atom is 0.121 e. The average molecular weight is 219 g/mol. The lowest BCUT2D eigenvalue weighted by Gasteiger charge is -2.12. The van der Waals surface area contributed by atoms with E-state index < -0.39 is 0 Å². The van der Waals surface area contributed by atoms with Crippen LogP contribution in [0.15, 0.2) is 18.2 Å². The lowest BCUT2D eigenvalue weighted by atomic mass is 10.2. The second-order valence-corrected chi connectivity index (χ2v) is 4.17. The van der Waals surface area contributed by atoms with Gasteiger partial charge in [0.15, 0.2) is 0 Å². The van der Waals surface area contributed by atoms with Crippen molar-refractivity contribution in [2.75, 3.05) is 20.2 Å². The van der Waals surface area contributed by atoms with Crippen molar-refractivity contribution in [3.8, 4) is 0 Å². The molecule has 0 amide bonds. The van der Waals surface area contributed by atoms with Gasteiger partial charge in [0, 0.05) is 6.54 Å². The highest BCUT2D eigenvalue weighted by Gasteiger charge is 2.05. The second kappa shape index (κ2) is 4.63. The molecule has 0 radical (unpaired) electrons. The van der Waals surface area contributed by atoms with Crippen LogP contribution in [0.3, 0.4) is 0 Å². The normalized spacial score (nSPS) is 11.5. The number of fused-ring (bicyclic) bond motifs is 1. The number of nitrogens with zero attached hydrogens (tertiary/aromatic N) is 2. The first-order chi connectivity index (χ1) is 7.69. The first kappa shape index (κ1) is 11.1. The van der Waals surface area contributed by atoms with Crippen LogP contribution in [0.5, 0.6) is 0 Å². The molecule has 0 atom stereocenters. The molecule has 2 rings (SSSR count). The maximum atomic E-state index is 8.82. The molecule has 0 spiro atoms. The number of rotatable bonds is 4. The molecular formula is C12H17N3O. The molecule has 4 nitrogen and oxygen atoms in total. The summed E-state index contributed by atoms with van der Waals surface area (Å²) in [5.74, 6) is 0.941. The Hall–Kier alpha value is -1.39. The first-order valence-electron chi connectivity index (χ1n) is 5.43. The smallest absolute Gasteiger partial charge is 0.121 e. The number of benzene rings is 1. The molecule has 2 N–H and O–H groups in total. The molecular weight excluding hydrogens is 202 g/mol. The summed E-state index contributed by atoms with van der Waals surface area (Å²) in [6.07, 6.45) is 0. The van der Waals surface area contributed by atoms with Crippen molar-refractivity contribution in [3.63, 3.8) is 0 Å². The Kier molecular flexibility index (Phi) is 3.22. The SMILES string of the molecule is Cc1ccc2nc(CN(C)CCO)[nH]c2c1. The van der Waals surface area contributed by atoms with Gasteiger partial charge in [0.2, 0.25) is 0 Å². The van der Waals surface area contributed by atoms with E-state index in [9.17, 15) is 0 Å². The standard InChI is InChI=1S/C12H17N3O/c1-9-3-4-10-11(7-9)14-12(13-10)8-15(2)5-6-16/h3-4,7,16H,5-6,8H2,1-2H3,(H,13,14). The minimum atomic E-state index is 0.176. The number of nitrogens with one attached hydrogen (secondary N) is 1. The molecule has 0 aliphatic carbocycles. The van der Waals surface area contributed by atoms with Gasteiger partial charge in [-0.3, -0.25) is 4.90 Å². The molecule has 0 saturated heterocycles. The highest BCUT2D eigenvalue weighted by Crippen LogP contribution is 2.13. The lowest BCUT2D eigenvalue weighted by Crippen LogP contribution is -2.22. The monoisotopic (exact) mass is 219 g/mol. The number of hydrogen-bond acceptors (Lipinski definition) is 3. The Bertz CT molecular complexity index is 478. The minimum absolute atomic E-state index is 0.176.